The molecule has 0 bridgehead atoms. The van der Waals surface area contributed by atoms with E-state index in [1.54, 1.807) is 4.68 Å². The molecule has 8 heteroatoms. The Morgan fingerprint density at radius 3 is 3.05 bits per heavy atom. The van der Waals surface area contributed by atoms with Crippen LogP contribution in [0.1, 0.15) is 19.4 Å². The van der Waals surface area contributed by atoms with E-state index >= 15 is 0 Å². The molecule has 20 heavy (non-hydrogen) atoms. The number of rotatable bonds is 2. The van der Waals surface area contributed by atoms with Crippen molar-refractivity contribution in [2.75, 3.05) is 5.73 Å². The summed E-state index contributed by atoms with van der Waals surface area (Å²) in [5.74, 6) is 0.135. The van der Waals surface area contributed by atoms with E-state index < -0.39 is 0 Å². The number of carbonyl (C=O) groups excluding carboxylic acids is 1. The Kier molecular flexibility index (Phi) is 3.32. The van der Waals surface area contributed by atoms with Gasteiger partial charge in [0.25, 0.3) is 0 Å². The first kappa shape index (κ1) is 13.3. The predicted molar refractivity (Wildman–Crippen MR) is 80.8 cm³/mol. The molecule has 0 unspecified atom stereocenters. The molecule has 7 nitrogen and oxygen atoms in total. The van der Waals surface area contributed by atoms with E-state index in [4.69, 9.17) is 10.5 Å². The van der Waals surface area contributed by atoms with Crippen molar-refractivity contribution in [1.29, 1.82) is 0 Å². The predicted octanol–water partition coefficient (Wildman–Crippen LogP) is 1.45. The van der Waals surface area contributed by atoms with Crippen molar-refractivity contribution in [3.8, 4) is 0 Å². The number of hydrogen-bond donors (Lipinski definition) is 1. The molecule has 0 amide bonds. The number of fused-ring (bicyclic) bond motifs is 1. The van der Waals surface area contributed by atoms with Crippen LogP contribution in [0.25, 0.3) is 11.0 Å². The molecule has 0 aliphatic heterocycles. The Hall–Kier alpha value is -1.71. The lowest BCUT2D eigenvalue weighted by molar-refractivity contribution is -0.144. The summed E-state index contributed by atoms with van der Waals surface area (Å²) < 4.78 is 7.74. The van der Waals surface area contributed by atoms with E-state index in [1.165, 1.54) is 13.3 Å². The van der Waals surface area contributed by atoms with Gasteiger partial charge in [-0.1, -0.05) is 6.08 Å². The maximum Gasteiger partial charge on any atom is 0.303 e. The summed E-state index contributed by atoms with van der Waals surface area (Å²) in [6.07, 6.45) is 5.70. The number of nitrogen functional groups attached to an aromatic ring is 1. The van der Waals surface area contributed by atoms with Crippen LogP contribution in [0.3, 0.4) is 0 Å². The van der Waals surface area contributed by atoms with Crippen LogP contribution in [0, 0.1) is 3.70 Å². The fourth-order valence-electron chi connectivity index (χ4n) is 2.31. The monoisotopic (exact) mass is 385 g/mol. The van der Waals surface area contributed by atoms with Crippen molar-refractivity contribution < 1.29 is 9.53 Å². The van der Waals surface area contributed by atoms with Gasteiger partial charge in [-0.05, 0) is 28.7 Å². The molecule has 0 saturated heterocycles. The molecular weight excluding hydrogens is 373 g/mol. The fraction of sp³-hybridized carbons (Fsp3) is 0.333. The van der Waals surface area contributed by atoms with Gasteiger partial charge in [0.2, 0.25) is 0 Å². The summed E-state index contributed by atoms with van der Waals surface area (Å²) in [7, 11) is 0. The van der Waals surface area contributed by atoms with Crippen LogP contribution < -0.4 is 5.73 Å². The molecule has 2 aromatic heterocycles. The Labute approximate surface area is 128 Å². The van der Waals surface area contributed by atoms with Crippen LogP contribution in [0.5, 0.6) is 0 Å². The Balaban J connectivity index is 1.95. The molecule has 2 atom stereocenters. The highest BCUT2D eigenvalue weighted by Crippen LogP contribution is 2.30. The van der Waals surface area contributed by atoms with Gasteiger partial charge >= 0.3 is 5.97 Å². The third kappa shape index (κ3) is 2.23. The normalized spacial score (nSPS) is 21.5. The van der Waals surface area contributed by atoms with Gasteiger partial charge in [-0.25, -0.2) is 14.6 Å². The van der Waals surface area contributed by atoms with Crippen molar-refractivity contribution in [3.63, 3.8) is 0 Å². The summed E-state index contributed by atoms with van der Waals surface area (Å²) in [6, 6.07) is -0.000309. The van der Waals surface area contributed by atoms with Crippen molar-refractivity contribution in [1.82, 2.24) is 19.7 Å². The number of esters is 1. The zero-order chi connectivity index (χ0) is 14.3. The maximum atomic E-state index is 11.0. The van der Waals surface area contributed by atoms with Gasteiger partial charge < -0.3 is 10.5 Å². The number of hydrogen-bond acceptors (Lipinski definition) is 6. The van der Waals surface area contributed by atoms with Crippen LogP contribution in [0.4, 0.5) is 5.82 Å². The molecule has 104 valence electrons. The van der Waals surface area contributed by atoms with E-state index in [1.807, 2.05) is 12.2 Å². The van der Waals surface area contributed by atoms with Crippen molar-refractivity contribution in [2.24, 2.45) is 0 Å². The number of halogens is 1. The fourth-order valence-corrected chi connectivity index (χ4v) is 3.06. The molecule has 2 aromatic rings. The van der Waals surface area contributed by atoms with Crippen LogP contribution in [-0.4, -0.2) is 31.8 Å². The number of allylic oxidation sites excluding steroid dienone is 1. The van der Waals surface area contributed by atoms with E-state index in [0.717, 1.165) is 9.09 Å². The van der Waals surface area contributed by atoms with Crippen LogP contribution in [0.2, 0.25) is 0 Å². The van der Waals surface area contributed by atoms with Crippen LogP contribution in [-0.2, 0) is 9.53 Å². The smallest absolute Gasteiger partial charge is 0.303 e. The molecule has 0 spiro atoms. The van der Waals surface area contributed by atoms with E-state index in [9.17, 15) is 4.79 Å². The number of anilines is 1. The highest BCUT2D eigenvalue weighted by molar-refractivity contribution is 14.1. The largest absolute Gasteiger partial charge is 0.458 e. The van der Waals surface area contributed by atoms with Crippen molar-refractivity contribution in [3.05, 3.63) is 22.2 Å². The van der Waals surface area contributed by atoms with Gasteiger partial charge in [-0.2, -0.15) is 5.10 Å². The first-order valence-corrected chi connectivity index (χ1v) is 7.14. The second-order valence-corrected chi connectivity index (χ2v) is 5.55. The van der Waals surface area contributed by atoms with Gasteiger partial charge in [0.15, 0.2) is 5.65 Å². The van der Waals surface area contributed by atoms with Gasteiger partial charge in [-0.3, -0.25) is 4.79 Å². The Morgan fingerprint density at radius 2 is 2.30 bits per heavy atom. The first-order chi connectivity index (χ1) is 9.56. The quantitative estimate of drug-likeness (QED) is 0.478. The van der Waals surface area contributed by atoms with Crippen LogP contribution >= 0.6 is 22.6 Å². The molecule has 2 N–H and O–H groups in total. The minimum Gasteiger partial charge on any atom is -0.458 e. The average Bonchev–Trinajstić information content (AvgIpc) is 2.94. The zero-order valence-corrected chi connectivity index (χ0v) is 12.8. The molecule has 1 aliphatic carbocycles. The molecule has 0 aromatic carbocycles. The molecule has 0 radical (unpaired) electrons. The van der Waals surface area contributed by atoms with Gasteiger partial charge in [0.05, 0.1) is 11.4 Å². The molecule has 2 heterocycles. The standard InChI is InChI=1S/C12H12IN5O2/c1-6(19)20-8-3-2-7(4-8)18-12-9(10(13)17-18)11(14)15-5-16-12/h2-3,5,7-8H,4H2,1H3,(H2,14,15,16)/t7-,8-/m0/s1. The third-order valence-electron chi connectivity index (χ3n) is 3.13. The summed E-state index contributed by atoms with van der Waals surface area (Å²) >= 11 is 2.11. The maximum absolute atomic E-state index is 11.0. The number of nitrogens with zero attached hydrogens (tertiary/aromatic N) is 4. The van der Waals surface area contributed by atoms with Crippen molar-refractivity contribution >= 4 is 45.4 Å². The lowest BCUT2D eigenvalue weighted by Crippen LogP contribution is -2.15. The second-order valence-electron chi connectivity index (χ2n) is 4.53. The summed E-state index contributed by atoms with van der Waals surface area (Å²) in [5, 5.41) is 5.24. The minimum absolute atomic E-state index is 0.000309. The minimum atomic E-state index is -0.285. The number of ether oxygens (including phenoxy) is 1. The molecule has 3 rings (SSSR count). The summed E-state index contributed by atoms with van der Waals surface area (Å²) in [6.45, 7) is 1.40. The second kappa shape index (κ2) is 5.00. The van der Waals surface area contributed by atoms with Crippen LogP contribution in [0.15, 0.2) is 18.5 Å². The van der Waals surface area contributed by atoms with Gasteiger partial charge in [-0.15, -0.1) is 0 Å². The van der Waals surface area contributed by atoms with Gasteiger partial charge in [0.1, 0.15) is 21.9 Å². The lowest BCUT2D eigenvalue weighted by atomic mass is 10.2. The highest BCUT2D eigenvalue weighted by Gasteiger charge is 2.26. The average molecular weight is 385 g/mol. The molecule has 0 fully saturated rings. The molecule has 1 aliphatic rings. The number of nitrogens with two attached hydrogens (primary N) is 1. The lowest BCUT2D eigenvalue weighted by Gasteiger charge is -2.13. The van der Waals surface area contributed by atoms with E-state index in [2.05, 4.69) is 37.7 Å². The first-order valence-electron chi connectivity index (χ1n) is 6.06. The zero-order valence-electron chi connectivity index (χ0n) is 10.7. The van der Waals surface area contributed by atoms with E-state index in [0.29, 0.717) is 17.9 Å². The molecule has 0 saturated carbocycles. The number of aromatic nitrogens is 4. The number of carbonyl (C=O) groups is 1. The third-order valence-corrected chi connectivity index (χ3v) is 3.88. The Bertz CT molecular complexity index is 711. The molecular formula is C12H12IN5O2. The topological polar surface area (TPSA) is 95.9 Å². The highest BCUT2D eigenvalue weighted by atomic mass is 127. The van der Waals surface area contributed by atoms with E-state index in [-0.39, 0.29) is 18.1 Å². The van der Waals surface area contributed by atoms with Crippen molar-refractivity contribution in [2.45, 2.75) is 25.5 Å². The SMILES string of the molecule is CC(=O)O[C@H]1C=C[C@H](n2nc(I)c3c(N)ncnc32)C1. The Morgan fingerprint density at radius 1 is 1.50 bits per heavy atom. The summed E-state index contributed by atoms with van der Waals surface area (Å²) in [4.78, 5) is 19.2. The van der Waals surface area contributed by atoms with Gasteiger partial charge in [0, 0.05) is 13.3 Å². The summed E-state index contributed by atoms with van der Waals surface area (Å²) in [5.41, 5.74) is 6.56.